The van der Waals surface area contributed by atoms with Crippen molar-refractivity contribution < 1.29 is 33.9 Å². The number of ether oxygens (including phenoxy) is 5. The van der Waals surface area contributed by atoms with Crippen molar-refractivity contribution >= 4 is 0 Å². The van der Waals surface area contributed by atoms with Gasteiger partial charge in [0.1, 0.15) is 11.7 Å². The third-order valence-electron chi connectivity index (χ3n) is 32.1. The minimum atomic E-state index is -0.918. The van der Waals surface area contributed by atoms with Crippen molar-refractivity contribution in [2.45, 2.75) is 655 Å². The molecule has 0 amide bonds. The predicted octanol–water partition coefficient (Wildman–Crippen LogP) is 39.9. The van der Waals surface area contributed by atoms with E-state index in [1.807, 2.05) is 0 Å². The van der Waals surface area contributed by atoms with Crippen LogP contribution in [0.15, 0.2) is 24.3 Å². The highest BCUT2D eigenvalue weighted by atomic mass is 16.6. The number of rotatable bonds is 89. The number of phenolic OH excluding ortho intramolecular Hbond substituents is 1. The fourth-order valence-electron chi connectivity index (χ4n) is 22.6. The van der Waals surface area contributed by atoms with Gasteiger partial charge in [-0.05, 0) is 206 Å². The first-order valence-corrected chi connectivity index (χ1v) is 58.3. The highest BCUT2D eigenvalue weighted by Crippen LogP contribution is 2.49. The van der Waals surface area contributed by atoms with E-state index in [0.717, 1.165) is 150 Å². The molecule has 2 heterocycles. The van der Waals surface area contributed by atoms with Gasteiger partial charge >= 0.3 is 0 Å². The van der Waals surface area contributed by atoms with Crippen LogP contribution < -0.4 is 9.47 Å². The first kappa shape index (κ1) is 121. The van der Waals surface area contributed by atoms with Crippen LogP contribution in [-0.4, -0.2) is 64.1 Å². The molecule has 2 fully saturated rings. The van der Waals surface area contributed by atoms with Gasteiger partial charge in [-0.3, -0.25) is 0 Å². The lowest BCUT2D eigenvalue weighted by molar-refractivity contribution is -0.281. The number of aliphatic hydroxyl groups is 1. The molecule has 0 aliphatic carbocycles. The Morgan fingerprint density at radius 3 is 0.984 bits per heavy atom. The molecule has 0 spiro atoms. The molecule has 1 aromatic rings. The van der Waals surface area contributed by atoms with E-state index in [4.69, 9.17) is 23.7 Å². The van der Waals surface area contributed by atoms with Crippen LogP contribution >= 0.6 is 0 Å². The number of benzene rings is 1. The topological polar surface area (TPSA) is 86.6 Å². The van der Waals surface area contributed by atoms with Crippen LogP contribution in [0.2, 0.25) is 0 Å². The van der Waals surface area contributed by atoms with E-state index in [9.17, 15) is 10.2 Å². The molecule has 7 nitrogen and oxygen atoms in total. The second kappa shape index (κ2) is 74.3. The number of hydrogen-bond acceptors (Lipinski definition) is 7. The molecule has 2 aliphatic heterocycles. The maximum Gasteiger partial charge on any atom is 0.200 e. The molecule has 0 radical (unpaired) electrons. The summed E-state index contributed by atoms with van der Waals surface area (Å²) in [6.07, 6.45) is 95.4. The van der Waals surface area contributed by atoms with Crippen LogP contribution in [-0.2, 0) is 20.6 Å². The second-order valence-electron chi connectivity index (χ2n) is 48.2. The van der Waals surface area contributed by atoms with Crippen molar-refractivity contribution in [3.63, 3.8) is 0 Å². The molecular formula is C122H232O7. The number of hydrogen-bond donors (Lipinski definition) is 2. The van der Waals surface area contributed by atoms with Gasteiger partial charge in [-0.25, -0.2) is 0 Å². The molecule has 2 saturated heterocycles. The fourth-order valence-corrected chi connectivity index (χ4v) is 22.6. The highest BCUT2D eigenvalue weighted by Gasteiger charge is 2.54. The number of aryl methyl sites for hydroxylation is 1. The van der Waals surface area contributed by atoms with Crippen molar-refractivity contribution in [3.05, 3.63) is 29.8 Å². The number of methoxy groups -OCH3 is 1. The average Bonchev–Trinajstić information content (AvgIpc) is 1.58. The van der Waals surface area contributed by atoms with E-state index >= 15 is 0 Å². The van der Waals surface area contributed by atoms with E-state index < -0.39 is 22.4 Å². The lowest BCUT2D eigenvalue weighted by atomic mass is 9.78. The summed E-state index contributed by atoms with van der Waals surface area (Å²) in [5.41, 5.74) is -1.65. The minimum Gasteiger partial charge on any atom is -0.502 e. The van der Waals surface area contributed by atoms with Crippen LogP contribution in [0.1, 0.15) is 607 Å². The lowest BCUT2D eigenvalue weighted by Crippen LogP contribution is -2.60. The Hall–Kier alpha value is -1.80. The van der Waals surface area contributed by atoms with Crippen molar-refractivity contribution in [1.29, 1.82) is 0 Å². The van der Waals surface area contributed by atoms with E-state index in [0.29, 0.717) is 35.2 Å². The first-order chi connectivity index (χ1) is 61.8. The van der Waals surface area contributed by atoms with Gasteiger partial charge in [0.05, 0.1) is 42.2 Å². The minimum absolute atomic E-state index is 0.101. The van der Waals surface area contributed by atoms with Gasteiger partial charge in [-0.15, -0.1) is 0 Å². The summed E-state index contributed by atoms with van der Waals surface area (Å²) in [6.45, 7) is 50.5. The normalized spacial score (nSPS) is 20.4. The van der Waals surface area contributed by atoms with Gasteiger partial charge in [0.25, 0.3) is 0 Å². The van der Waals surface area contributed by atoms with Crippen molar-refractivity contribution in [2.24, 2.45) is 71.0 Å². The fraction of sp³-hybridized carbons (Fsp3) is 0.934. The van der Waals surface area contributed by atoms with E-state index in [1.165, 1.54) is 365 Å². The van der Waals surface area contributed by atoms with Crippen LogP contribution in [0, 0.1) is 71.0 Å². The second-order valence-corrected chi connectivity index (χ2v) is 48.2. The first-order valence-electron chi connectivity index (χ1n) is 58.3. The maximum absolute atomic E-state index is 12.7. The number of allylic oxidation sites excluding steroid dienone is 2. The average molecular weight is 1810 g/mol. The maximum atomic E-state index is 12.7. The Kier molecular flexibility index (Phi) is 69.9. The molecule has 2 aliphatic rings. The molecule has 16 atom stereocenters. The van der Waals surface area contributed by atoms with Crippen LogP contribution in [0.5, 0.6) is 17.2 Å². The lowest BCUT2D eigenvalue weighted by Gasteiger charge is -2.53. The van der Waals surface area contributed by atoms with E-state index in [1.54, 1.807) is 7.11 Å². The van der Waals surface area contributed by atoms with Crippen molar-refractivity contribution in [3.8, 4) is 17.2 Å². The molecule has 1 aromatic carbocycles. The van der Waals surface area contributed by atoms with Crippen molar-refractivity contribution in [1.82, 2.24) is 0 Å². The molecule has 2 N–H and O–H groups in total. The van der Waals surface area contributed by atoms with E-state index in [-0.39, 0.29) is 30.2 Å². The highest BCUT2D eigenvalue weighted by molar-refractivity contribution is 5.53. The summed E-state index contributed by atoms with van der Waals surface area (Å²) >= 11 is 0. The molecule has 0 unspecified atom stereocenters. The molecule has 129 heavy (non-hydrogen) atoms. The van der Waals surface area contributed by atoms with Gasteiger partial charge in [0.2, 0.25) is 5.75 Å². The summed E-state index contributed by atoms with van der Waals surface area (Å²) in [4.78, 5) is 0. The Bertz CT molecular complexity index is 2730. The summed E-state index contributed by atoms with van der Waals surface area (Å²) < 4.78 is 37.4. The van der Waals surface area contributed by atoms with Gasteiger partial charge in [-0.1, -0.05) is 502 Å². The number of unbranched alkanes of at least 4 members (excludes halogenated alkanes) is 29. The quantitative estimate of drug-likeness (QED) is 0.0496. The van der Waals surface area contributed by atoms with Gasteiger partial charge in [0, 0.05) is 0 Å². The third kappa shape index (κ3) is 60.0. The monoisotopic (exact) mass is 1810 g/mol. The SMILES string of the molecule is CCCCCCCC/C=C\CCCCCCCCCCCCCCCCCCCCCCCCCc1cc(OC)c(O)c(O[C@@H]2CC[C@@H]([C@](C)(CCC[C@H](C)CCC[C@H](C)CCCC(C)C)O[C@](C)(CCC[C@H](C)CCC[C@H](C)CCCC(C)C)[C@H]3CC[C@H]([C@](C)(O)CCC[C@H](C)CCC[C@H](C)CCCC(C)C)O3)O[C@@]2(C)CCC[C@H](C)CCC[C@H](C)CCCC(C)C)c1. The molecule has 7 heteroatoms. The largest absolute Gasteiger partial charge is 0.502 e. The van der Waals surface area contributed by atoms with Gasteiger partial charge in [-0.2, -0.15) is 0 Å². The summed E-state index contributed by atoms with van der Waals surface area (Å²) in [5.74, 6) is 10.0. The Labute approximate surface area is 808 Å². The van der Waals surface area contributed by atoms with Crippen molar-refractivity contribution in [2.75, 3.05) is 7.11 Å². The molecule has 0 aromatic heterocycles. The third-order valence-corrected chi connectivity index (χ3v) is 32.1. The van der Waals surface area contributed by atoms with Crippen LogP contribution in [0.4, 0.5) is 0 Å². The number of aromatic hydroxyl groups is 1. The van der Waals surface area contributed by atoms with Gasteiger partial charge < -0.3 is 33.9 Å². The molecular weight excluding hydrogens is 1580 g/mol. The Balaban J connectivity index is 1.81. The molecule has 762 valence electrons. The molecule has 0 saturated carbocycles. The Morgan fingerprint density at radius 2 is 0.636 bits per heavy atom. The zero-order valence-corrected chi connectivity index (χ0v) is 91.4. The smallest absolute Gasteiger partial charge is 0.200 e. The predicted molar refractivity (Wildman–Crippen MR) is 569 cm³/mol. The zero-order chi connectivity index (χ0) is 94.8. The molecule has 0 bridgehead atoms. The summed E-state index contributed by atoms with van der Waals surface area (Å²) in [6, 6.07) is 4.21. The summed E-state index contributed by atoms with van der Waals surface area (Å²) in [5, 5.41) is 24.9. The zero-order valence-electron chi connectivity index (χ0n) is 91.4. The summed E-state index contributed by atoms with van der Waals surface area (Å²) in [7, 11) is 1.70. The standard InChI is InChI=1S/C122H232O7/c1-23-24-25-26-27-28-29-30-31-32-33-34-35-36-37-38-39-40-41-42-43-44-45-46-47-48-49-50-51-52-53-54-55-88-111-97-112(125-22)118(123)113(98-111)126-115-91-92-117(128-120(115,19)94-65-85-108(15)81-61-77-104(11)73-57-69-100(4)5)122(21,96-67-87-110(17)83-63-79-106(13)75-59-71-102(8)9)129-121(20,95-66-86-109(16)82-62-78-105(12)74-58-70-101(6)7)116-90-89-114(127-116)119(18,124)93-64-84-107(14)80-60-76-103(10)72-56-68-99(2)3/h30-31,97-110,114-117,123-124H,23-29,32-96H2,1-22H3/b31-30-/t103-,104-,105-,106-,107-,108-,109-,110-,114-,115-,116-,117+,119-,120+,121-,122+/m1/s1. The van der Waals surface area contributed by atoms with Crippen LogP contribution in [0.3, 0.4) is 0 Å². The van der Waals surface area contributed by atoms with Crippen LogP contribution in [0.25, 0.3) is 0 Å². The van der Waals surface area contributed by atoms with E-state index in [2.05, 4.69) is 170 Å². The molecule has 3 rings (SSSR count). The Morgan fingerprint density at radius 1 is 0.349 bits per heavy atom. The number of phenols is 1. The van der Waals surface area contributed by atoms with Gasteiger partial charge in [0.15, 0.2) is 11.5 Å².